The highest BCUT2D eigenvalue weighted by molar-refractivity contribution is 7.91. The molecule has 2 aromatic heterocycles. The van der Waals surface area contributed by atoms with Crippen molar-refractivity contribution in [1.29, 1.82) is 0 Å². The van der Waals surface area contributed by atoms with Crippen LogP contribution in [0.5, 0.6) is 5.88 Å². The number of pyridine rings is 1. The molecule has 5 atom stereocenters. The number of rotatable bonds is 8. The number of allylic oxidation sites excluding steroid dienone is 1. The van der Waals surface area contributed by atoms with Crippen molar-refractivity contribution in [2.75, 3.05) is 11.9 Å². The Kier molecular flexibility index (Phi) is 10.9. The molecule has 2 aliphatic carbocycles. The van der Waals surface area contributed by atoms with E-state index in [2.05, 4.69) is 25.7 Å². The topological polar surface area (TPSA) is 211 Å². The normalized spacial score (nSPS) is 26.4. The number of hydrogen-bond acceptors (Lipinski definition) is 12. The number of anilines is 2. The van der Waals surface area contributed by atoms with Crippen LogP contribution in [0.4, 0.5) is 16.4 Å². The van der Waals surface area contributed by atoms with Crippen molar-refractivity contribution >= 4 is 56.5 Å². The van der Waals surface area contributed by atoms with Gasteiger partial charge in [-0.25, -0.2) is 28.2 Å². The Morgan fingerprint density at radius 3 is 2.45 bits per heavy atom. The highest BCUT2D eigenvalue weighted by atomic mass is 32.2. The van der Waals surface area contributed by atoms with Gasteiger partial charge in [-0.05, 0) is 83.6 Å². The first kappa shape index (κ1) is 38.9. The van der Waals surface area contributed by atoms with E-state index >= 15 is 0 Å². The number of fused-ring (bicyclic) bond motifs is 3. The van der Waals surface area contributed by atoms with Crippen LogP contribution in [0, 0.1) is 5.92 Å². The summed E-state index contributed by atoms with van der Waals surface area (Å²) in [5.74, 6) is -1.54. The second kappa shape index (κ2) is 15.7. The van der Waals surface area contributed by atoms with Crippen LogP contribution >= 0.6 is 0 Å². The van der Waals surface area contributed by atoms with Crippen LogP contribution < -0.4 is 25.4 Å². The third-order valence-corrected chi connectivity index (χ3v) is 12.1. The smallest absolute Gasteiger partial charge is 0.408 e. The molecular weight excluding hydrogens is 741 g/mol. The van der Waals surface area contributed by atoms with Crippen LogP contribution in [-0.2, 0) is 29.1 Å². The number of para-hydroxylation sites is 2. The van der Waals surface area contributed by atoms with E-state index in [0.29, 0.717) is 49.0 Å². The molecule has 16 nitrogen and oxygen atoms in total. The van der Waals surface area contributed by atoms with Crippen LogP contribution in [0.15, 0.2) is 60.8 Å². The summed E-state index contributed by atoms with van der Waals surface area (Å²) in [6, 6.07) is 10.4. The van der Waals surface area contributed by atoms with Gasteiger partial charge in [0.1, 0.15) is 35.1 Å². The van der Waals surface area contributed by atoms with Crippen LogP contribution in [0.25, 0.3) is 11.0 Å². The third-order valence-electron chi connectivity index (χ3n) is 10.3. The highest BCUT2D eigenvalue weighted by Gasteiger charge is 2.62. The van der Waals surface area contributed by atoms with Gasteiger partial charge in [-0.15, -0.1) is 0 Å². The fraction of sp³-hybridized carbons (Fsp3) is 0.513. The first-order chi connectivity index (χ1) is 26.7. The standard InChI is InChI=1S/C39H48N8O8S/c1-38(2,3)55-37(51)43-29-16-8-6-4-5-7-13-24-22-39(24,36(50)46-56(52,53)26-18-19-26)45-33(48)30-21-25(23-47(30)35(29)49)54-34-32(44-31-17-11-12-20-40-31)41-27-14-9-10-15-28(27)42-34/h7,9-15,17,20,24-26,29-30H,4-6,8,16,18-19,21-23H2,1-3H3,(H,43,51)(H,45,48)(H,46,50)(H,40,41,44)/b13-7-/t24-,25-,29+,30+,39-/m1/s1. The number of benzene rings is 1. The zero-order valence-electron chi connectivity index (χ0n) is 31.7. The van der Waals surface area contributed by atoms with Crippen molar-refractivity contribution < 1.29 is 37.1 Å². The number of sulfonamides is 1. The summed E-state index contributed by atoms with van der Waals surface area (Å²) < 4.78 is 40.0. The lowest BCUT2D eigenvalue weighted by molar-refractivity contribution is -0.141. The predicted octanol–water partition coefficient (Wildman–Crippen LogP) is 4.01. The third kappa shape index (κ3) is 9.03. The molecule has 2 aliphatic heterocycles. The molecule has 56 heavy (non-hydrogen) atoms. The molecule has 0 bridgehead atoms. The Morgan fingerprint density at radius 1 is 0.982 bits per heavy atom. The maximum atomic E-state index is 14.6. The quantitative estimate of drug-likeness (QED) is 0.239. The summed E-state index contributed by atoms with van der Waals surface area (Å²) in [5.41, 5.74) is -1.19. The van der Waals surface area contributed by atoms with Crippen molar-refractivity contribution in [3.05, 3.63) is 60.8 Å². The number of alkyl carbamates (subject to hydrolysis) is 1. The average molecular weight is 789 g/mol. The monoisotopic (exact) mass is 788 g/mol. The molecule has 0 unspecified atom stereocenters. The van der Waals surface area contributed by atoms with Crippen molar-refractivity contribution in [3.8, 4) is 5.88 Å². The predicted molar refractivity (Wildman–Crippen MR) is 206 cm³/mol. The van der Waals surface area contributed by atoms with Crippen LogP contribution in [0.1, 0.15) is 78.6 Å². The first-order valence-electron chi connectivity index (χ1n) is 19.2. The molecular formula is C39H48N8O8S. The number of hydrogen-bond donors (Lipinski definition) is 4. The highest BCUT2D eigenvalue weighted by Crippen LogP contribution is 2.46. The molecule has 4 heterocycles. The number of nitrogens with zero attached hydrogens (tertiary/aromatic N) is 4. The first-order valence-corrected chi connectivity index (χ1v) is 20.7. The van der Waals surface area contributed by atoms with Crippen molar-refractivity contribution in [2.24, 2.45) is 5.92 Å². The SMILES string of the molecule is CC(C)(C)OC(=O)N[C@H]1CCCCC/C=C\[C@@H]2C[C@@]2(C(=O)NS(=O)(=O)C2CC2)NC(=O)[C@@H]2C[C@@H](Oc3nc4ccccc4nc3Nc3ccccn3)CN2C1=O. The number of carbonyl (C=O) groups is 4. The van der Waals surface area contributed by atoms with E-state index < -0.39 is 74.3 Å². The minimum Gasteiger partial charge on any atom is -0.470 e. The average Bonchev–Trinajstić information content (AvgIpc) is 4.07. The minimum atomic E-state index is -3.91. The molecule has 1 aromatic carbocycles. The lowest BCUT2D eigenvalue weighted by Crippen LogP contribution is -2.58. The van der Waals surface area contributed by atoms with E-state index in [4.69, 9.17) is 19.4 Å². The van der Waals surface area contributed by atoms with Gasteiger partial charge < -0.3 is 30.3 Å². The van der Waals surface area contributed by atoms with Crippen LogP contribution in [0.2, 0.25) is 0 Å². The molecule has 298 valence electrons. The number of nitrogens with one attached hydrogen (secondary N) is 4. The fourth-order valence-corrected chi connectivity index (χ4v) is 8.52. The molecule has 4 N–H and O–H groups in total. The Labute approximate surface area is 325 Å². The number of amides is 4. The van der Waals surface area contributed by atoms with E-state index in [9.17, 15) is 27.6 Å². The summed E-state index contributed by atoms with van der Waals surface area (Å²) in [6.45, 7) is 5.10. The molecule has 4 amide bonds. The van der Waals surface area contributed by atoms with Gasteiger partial charge in [0.2, 0.25) is 21.8 Å². The number of carbonyl (C=O) groups excluding carboxylic acids is 4. The van der Waals surface area contributed by atoms with Crippen molar-refractivity contribution in [2.45, 2.75) is 113 Å². The van der Waals surface area contributed by atoms with E-state index in [1.54, 1.807) is 45.2 Å². The van der Waals surface area contributed by atoms with Crippen molar-refractivity contribution in [3.63, 3.8) is 0 Å². The molecule has 1 saturated heterocycles. The van der Waals surface area contributed by atoms with E-state index in [1.165, 1.54) is 4.90 Å². The Balaban J connectivity index is 1.21. The van der Waals surface area contributed by atoms with Gasteiger partial charge >= 0.3 is 6.09 Å². The molecule has 3 fully saturated rings. The largest absolute Gasteiger partial charge is 0.470 e. The maximum absolute atomic E-state index is 14.6. The van der Waals surface area contributed by atoms with Gasteiger partial charge in [0.15, 0.2) is 5.82 Å². The maximum Gasteiger partial charge on any atom is 0.408 e. The molecule has 0 spiro atoms. The number of ether oxygens (including phenoxy) is 2. The molecule has 3 aromatic rings. The summed E-state index contributed by atoms with van der Waals surface area (Å²) in [5, 5.41) is 8.14. The molecule has 4 aliphatic rings. The van der Waals surface area contributed by atoms with Crippen LogP contribution in [0.3, 0.4) is 0 Å². The fourth-order valence-electron chi connectivity index (χ4n) is 7.16. The van der Waals surface area contributed by atoms with Gasteiger partial charge in [-0.1, -0.05) is 43.2 Å². The summed E-state index contributed by atoms with van der Waals surface area (Å²) in [7, 11) is -3.91. The number of aromatic nitrogens is 3. The molecule has 0 radical (unpaired) electrons. The Morgan fingerprint density at radius 2 is 1.73 bits per heavy atom. The van der Waals surface area contributed by atoms with E-state index in [-0.39, 0.29) is 31.1 Å². The Hall–Kier alpha value is -5.32. The van der Waals surface area contributed by atoms with Crippen LogP contribution in [-0.4, -0.2) is 93.2 Å². The summed E-state index contributed by atoms with van der Waals surface area (Å²) >= 11 is 0. The van der Waals surface area contributed by atoms with Gasteiger partial charge in [0.05, 0.1) is 22.8 Å². The lowest BCUT2D eigenvalue weighted by Gasteiger charge is -2.30. The van der Waals surface area contributed by atoms with Gasteiger partial charge in [0.25, 0.3) is 11.8 Å². The molecule has 17 heteroatoms. The van der Waals surface area contributed by atoms with E-state index in [0.717, 1.165) is 12.8 Å². The molecule has 7 rings (SSSR count). The minimum absolute atomic E-state index is 0.00710. The molecule has 2 saturated carbocycles. The zero-order valence-corrected chi connectivity index (χ0v) is 32.5. The van der Waals surface area contributed by atoms with Gasteiger partial charge in [-0.3, -0.25) is 19.1 Å². The second-order valence-electron chi connectivity index (χ2n) is 15.9. The Bertz CT molecular complexity index is 2120. The summed E-state index contributed by atoms with van der Waals surface area (Å²) in [4.78, 5) is 71.0. The van der Waals surface area contributed by atoms with Gasteiger partial charge in [0, 0.05) is 18.5 Å². The van der Waals surface area contributed by atoms with Gasteiger partial charge in [-0.2, -0.15) is 0 Å². The zero-order chi connectivity index (χ0) is 39.7. The summed E-state index contributed by atoms with van der Waals surface area (Å²) in [6.07, 6.45) is 8.09. The van der Waals surface area contributed by atoms with E-state index in [1.807, 2.05) is 36.4 Å². The second-order valence-corrected chi connectivity index (χ2v) is 17.9. The van der Waals surface area contributed by atoms with Crippen molar-refractivity contribution in [1.82, 2.24) is 35.2 Å². The lowest BCUT2D eigenvalue weighted by atomic mass is 10.0.